The van der Waals surface area contributed by atoms with Crippen molar-refractivity contribution >= 4 is 11.6 Å². The molecule has 0 unspecified atom stereocenters. The van der Waals surface area contributed by atoms with E-state index in [1.54, 1.807) is 0 Å². The average molecular weight is 257 g/mol. The van der Waals surface area contributed by atoms with Gasteiger partial charge in [0.15, 0.2) is 12.4 Å². The fourth-order valence-electron chi connectivity index (χ4n) is 1.72. The van der Waals surface area contributed by atoms with Crippen molar-refractivity contribution in [2.45, 2.75) is 52.2 Å². The molecule has 1 aromatic rings. The van der Waals surface area contributed by atoms with Gasteiger partial charge < -0.3 is 4.74 Å². The van der Waals surface area contributed by atoms with Gasteiger partial charge in [0.25, 0.3) is 6.73 Å². The summed E-state index contributed by atoms with van der Waals surface area (Å²) < 4.78 is 7.54. The quantitative estimate of drug-likeness (QED) is 0.481. The molecule has 1 rings (SSSR count). The van der Waals surface area contributed by atoms with Crippen LogP contribution in [0.5, 0.6) is 0 Å². The Morgan fingerprint density at radius 3 is 2.71 bits per heavy atom. The molecule has 0 aliphatic carbocycles. The molecule has 0 amide bonds. The van der Waals surface area contributed by atoms with Crippen LogP contribution in [0.2, 0.25) is 5.02 Å². The molecule has 96 valence electrons. The maximum atomic E-state index is 5.88. The van der Waals surface area contributed by atoms with E-state index in [0.29, 0.717) is 6.73 Å². The van der Waals surface area contributed by atoms with E-state index in [1.165, 1.54) is 32.1 Å². The van der Waals surface area contributed by atoms with Crippen LogP contribution in [0.1, 0.15) is 45.4 Å². The lowest BCUT2D eigenvalue weighted by Gasteiger charge is -2.01. The van der Waals surface area contributed by atoms with Gasteiger partial charge >= 0.3 is 0 Å². The monoisotopic (exact) mass is 256 g/mol. The number of hydrogen-bond acceptors (Lipinski definition) is 1. The van der Waals surface area contributed by atoms with Gasteiger partial charge in [-0.2, -0.15) is 4.57 Å². The Bertz CT molecular complexity index is 304. The first kappa shape index (κ1) is 14.5. The molecule has 17 heavy (non-hydrogen) atoms. The predicted molar refractivity (Wildman–Crippen MR) is 71.0 cm³/mol. The number of ether oxygens (including phenoxy) is 1. The summed E-state index contributed by atoms with van der Waals surface area (Å²) in [5, 5.41) is 0.746. The Kier molecular flexibility index (Phi) is 8.02. The van der Waals surface area contributed by atoms with Crippen molar-refractivity contribution in [1.29, 1.82) is 0 Å². The van der Waals surface area contributed by atoms with Crippen molar-refractivity contribution in [3.8, 4) is 0 Å². The molecular formula is C14H23ClNO+. The highest BCUT2D eigenvalue weighted by Crippen LogP contribution is 2.05. The zero-order valence-corrected chi connectivity index (χ0v) is 11.5. The second-order valence-corrected chi connectivity index (χ2v) is 4.78. The molecule has 0 aromatic carbocycles. The third-order valence-corrected chi connectivity index (χ3v) is 2.93. The molecule has 0 aliphatic rings. The van der Waals surface area contributed by atoms with Crippen molar-refractivity contribution in [3.05, 3.63) is 29.5 Å². The lowest BCUT2D eigenvalue weighted by Crippen LogP contribution is -2.34. The minimum Gasteiger partial charge on any atom is -0.323 e. The predicted octanol–water partition coefficient (Wildman–Crippen LogP) is 3.96. The standard InChI is InChI=1S/C14H23ClNO/c1-2-3-4-5-6-7-11-17-13-16-10-8-9-14(15)12-16/h8-10,12H,2-7,11,13H2,1H3/q+1. The van der Waals surface area contributed by atoms with E-state index in [2.05, 4.69) is 6.92 Å². The van der Waals surface area contributed by atoms with Crippen LogP contribution in [0.4, 0.5) is 0 Å². The summed E-state index contributed by atoms with van der Waals surface area (Å²) in [7, 11) is 0. The summed E-state index contributed by atoms with van der Waals surface area (Å²) >= 11 is 5.88. The first-order chi connectivity index (χ1) is 8.33. The van der Waals surface area contributed by atoms with Crippen molar-refractivity contribution in [2.24, 2.45) is 0 Å². The molecule has 0 N–H and O–H groups in total. The lowest BCUT2D eigenvalue weighted by atomic mass is 10.1. The fraction of sp³-hybridized carbons (Fsp3) is 0.643. The summed E-state index contributed by atoms with van der Waals surface area (Å²) in [6.45, 7) is 3.67. The molecule has 1 aromatic heterocycles. The molecule has 0 saturated heterocycles. The van der Waals surface area contributed by atoms with Gasteiger partial charge in [-0.25, -0.2) is 0 Å². The summed E-state index contributed by atoms with van der Waals surface area (Å²) in [6, 6.07) is 3.79. The molecule has 2 nitrogen and oxygen atoms in total. The Hall–Kier alpha value is -0.600. The summed E-state index contributed by atoms with van der Waals surface area (Å²) in [6.07, 6.45) is 11.6. The maximum absolute atomic E-state index is 5.88. The van der Waals surface area contributed by atoms with Gasteiger partial charge in [0.1, 0.15) is 5.02 Å². The number of halogens is 1. The third kappa shape index (κ3) is 7.35. The maximum Gasteiger partial charge on any atom is 0.252 e. The molecule has 0 aliphatic heterocycles. The number of nitrogens with zero attached hydrogens (tertiary/aromatic N) is 1. The van der Waals surface area contributed by atoms with Crippen LogP contribution in [-0.4, -0.2) is 6.61 Å². The highest BCUT2D eigenvalue weighted by Gasteiger charge is 2.00. The average Bonchev–Trinajstić information content (AvgIpc) is 2.33. The first-order valence-corrected chi connectivity index (χ1v) is 6.93. The number of aromatic nitrogens is 1. The molecule has 0 atom stereocenters. The summed E-state index contributed by atoms with van der Waals surface area (Å²) in [4.78, 5) is 0. The molecule has 1 heterocycles. The Labute approximate surface area is 110 Å². The first-order valence-electron chi connectivity index (χ1n) is 6.55. The van der Waals surface area contributed by atoms with E-state index in [-0.39, 0.29) is 0 Å². The van der Waals surface area contributed by atoms with Crippen LogP contribution in [0.3, 0.4) is 0 Å². The minimum absolute atomic E-state index is 0.593. The SMILES string of the molecule is CCCCCCCCOC[n+]1cccc(Cl)c1. The molecular weight excluding hydrogens is 234 g/mol. The van der Waals surface area contributed by atoms with E-state index in [4.69, 9.17) is 16.3 Å². The zero-order chi connectivity index (χ0) is 12.3. The second kappa shape index (κ2) is 9.43. The van der Waals surface area contributed by atoms with Gasteiger partial charge in [0.2, 0.25) is 0 Å². The molecule has 0 spiro atoms. The summed E-state index contributed by atoms with van der Waals surface area (Å²) in [5.74, 6) is 0. The van der Waals surface area contributed by atoms with Gasteiger partial charge in [-0.3, -0.25) is 0 Å². The van der Waals surface area contributed by atoms with E-state index in [1.807, 2.05) is 29.1 Å². The van der Waals surface area contributed by atoms with Crippen LogP contribution in [0.25, 0.3) is 0 Å². The van der Waals surface area contributed by atoms with Crippen LogP contribution in [-0.2, 0) is 11.5 Å². The highest BCUT2D eigenvalue weighted by atomic mass is 35.5. The molecule has 0 fully saturated rings. The van der Waals surface area contributed by atoms with E-state index < -0.39 is 0 Å². The van der Waals surface area contributed by atoms with Gasteiger partial charge in [-0.1, -0.05) is 50.6 Å². The molecule has 0 radical (unpaired) electrons. The van der Waals surface area contributed by atoms with Crippen LogP contribution >= 0.6 is 11.6 Å². The van der Waals surface area contributed by atoms with Gasteiger partial charge in [-0.15, -0.1) is 0 Å². The van der Waals surface area contributed by atoms with Crippen molar-refractivity contribution in [1.82, 2.24) is 0 Å². The third-order valence-electron chi connectivity index (χ3n) is 2.70. The van der Waals surface area contributed by atoms with Gasteiger partial charge in [-0.05, 0) is 12.5 Å². The Morgan fingerprint density at radius 2 is 1.94 bits per heavy atom. The molecule has 0 saturated carbocycles. The van der Waals surface area contributed by atoms with Gasteiger partial charge in [0, 0.05) is 6.07 Å². The second-order valence-electron chi connectivity index (χ2n) is 4.34. The number of unbranched alkanes of at least 4 members (excludes halogenated alkanes) is 5. The van der Waals surface area contributed by atoms with Crippen molar-refractivity contribution in [2.75, 3.05) is 6.61 Å². The van der Waals surface area contributed by atoms with Crippen molar-refractivity contribution < 1.29 is 9.30 Å². The number of pyridine rings is 1. The largest absolute Gasteiger partial charge is 0.323 e. The Morgan fingerprint density at radius 1 is 1.18 bits per heavy atom. The molecule has 0 bridgehead atoms. The molecule has 3 heteroatoms. The van der Waals surface area contributed by atoms with Crippen molar-refractivity contribution in [3.63, 3.8) is 0 Å². The summed E-state index contributed by atoms with van der Waals surface area (Å²) in [5.41, 5.74) is 0. The smallest absolute Gasteiger partial charge is 0.252 e. The van der Waals surface area contributed by atoms with Gasteiger partial charge in [0.05, 0.1) is 6.61 Å². The van der Waals surface area contributed by atoms with Crippen LogP contribution in [0, 0.1) is 0 Å². The van der Waals surface area contributed by atoms with E-state index >= 15 is 0 Å². The van der Waals surface area contributed by atoms with E-state index in [0.717, 1.165) is 18.1 Å². The van der Waals surface area contributed by atoms with Crippen LogP contribution < -0.4 is 4.57 Å². The fourth-order valence-corrected chi connectivity index (χ4v) is 1.92. The minimum atomic E-state index is 0.593. The Balaban J connectivity index is 1.97. The number of rotatable bonds is 9. The zero-order valence-electron chi connectivity index (χ0n) is 10.7. The van der Waals surface area contributed by atoms with Crippen LogP contribution in [0.15, 0.2) is 24.5 Å². The number of hydrogen-bond donors (Lipinski definition) is 0. The topological polar surface area (TPSA) is 13.1 Å². The normalized spacial score (nSPS) is 10.7. The lowest BCUT2D eigenvalue weighted by molar-refractivity contribution is -0.732. The highest BCUT2D eigenvalue weighted by molar-refractivity contribution is 6.30. The van der Waals surface area contributed by atoms with E-state index in [9.17, 15) is 0 Å².